The topological polar surface area (TPSA) is 95.7 Å². The van der Waals surface area contributed by atoms with Gasteiger partial charge in [-0.15, -0.1) is 0 Å². The van der Waals surface area contributed by atoms with E-state index in [9.17, 15) is 19.7 Å². The number of nitro benzene ring substituents is 1. The van der Waals surface area contributed by atoms with Crippen LogP contribution in [0.4, 0.5) is 5.69 Å². The van der Waals surface area contributed by atoms with Gasteiger partial charge in [0.25, 0.3) is 11.5 Å². The molecule has 0 heterocycles. The number of non-ortho nitro benzene ring substituents is 1. The second-order valence-corrected chi connectivity index (χ2v) is 3.94. The van der Waals surface area contributed by atoms with Gasteiger partial charge in [0.15, 0.2) is 0 Å². The highest BCUT2D eigenvalue weighted by atomic mass is 16.7. The Morgan fingerprint density at radius 3 is 1.84 bits per heavy atom. The highest BCUT2D eigenvalue weighted by Gasteiger charge is 2.34. The summed E-state index contributed by atoms with van der Waals surface area (Å²) >= 11 is 0. The van der Waals surface area contributed by atoms with Gasteiger partial charge in [-0.2, -0.15) is 0 Å². The van der Waals surface area contributed by atoms with E-state index in [4.69, 9.17) is 9.47 Å². The molecule has 0 atom stereocenters. The molecule has 102 valence electrons. The zero-order chi connectivity index (χ0) is 14.6. The van der Waals surface area contributed by atoms with Crippen LogP contribution in [0.25, 0.3) is 0 Å². The Labute approximate surface area is 109 Å². The Morgan fingerprint density at radius 1 is 1.11 bits per heavy atom. The predicted molar refractivity (Wildman–Crippen MR) is 64.0 cm³/mol. The molecule has 1 aromatic rings. The number of carbonyl (C=O) groups excluding carboxylic acids is 2. The third-order valence-corrected chi connectivity index (χ3v) is 2.28. The quantitative estimate of drug-likeness (QED) is 0.358. The Balaban J connectivity index is 3.13. The van der Waals surface area contributed by atoms with Gasteiger partial charge in [0.05, 0.1) is 4.92 Å². The molecule has 0 spiro atoms. The first-order valence-corrected chi connectivity index (χ1v) is 5.38. The molecule has 0 bridgehead atoms. The lowest BCUT2D eigenvalue weighted by Crippen LogP contribution is -2.33. The first kappa shape index (κ1) is 14.6. The molecule has 19 heavy (non-hydrogen) atoms. The number of rotatable bonds is 4. The number of nitro groups is 1. The summed E-state index contributed by atoms with van der Waals surface area (Å²) in [4.78, 5) is 32.1. The molecule has 0 aliphatic rings. The largest absolute Gasteiger partial charge is 0.418 e. The van der Waals surface area contributed by atoms with Gasteiger partial charge >= 0.3 is 11.9 Å². The zero-order valence-corrected chi connectivity index (χ0v) is 10.7. The van der Waals surface area contributed by atoms with Crippen LogP contribution in [0.15, 0.2) is 24.3 Å². The molecule has 0 saturated heterocycles. The van der Waals surface area contributed by atoms with Crippen LogP contribution in [0.5, 0.6) is 0 Å². The van der Waals surface area contributed by atoms with Crippen LogP contribution in [0.1, 0.15) is 26.3 Å². The molecule has 0 fully saturated rings. The maximum absolute atomic E-state index is 11.1. The van der Waals surface area contributed by atoms with Gasteiger partial charge in [0.1, 0.15) is 0 Å². The van der Waals surface area contributed by atoms with E-state index in [0.717, 1.165) is 0 Å². The van der Waals surface area contributed by atoms with E-state index >= 15 is 0 Å². The zero-order valence-electron chi connectivity index (χ0n) is 10.7. The van der Waals surface area contributed by atoms with Crippen molar-refractivity contribution in [1.82, 2.24) is 0 Å². The van der Waals surface area contributed by atoms with Gasteiger partial charge in [-0.25, -0.2) is 0 Å². The molecule has 0 aromatic heterocycles. The molecular weight excluding hydrogens is 254 g/mol. The Hall–Kier alpha value is -2.44. The smallest absolute Gasteiger partial charge is 0.306 e. The Morgan fingerprint density at radius 2 is 1.53 bits per heavy atom. The summed E-state index contributed by atoms with van der Waals surface area (Å²) in [6.07, 6.45) is 0. The van der Waals surface area contributed by atoms with E-state index in [0.29, 0.717) is 5.56 Å². The van der Waals surface area contributed by atoms with Gasteiger partial charge in [-0.1, -0.05) is 0 Å². The predicted octanol–water partition coefficient (Wildman–Crippen LogP) is 1.89. The van der Waals surface area contributed by atoms with Crippen LogP contribution >= 0.6 is 0 Å². The van der Waals surface area contributed by atoms with Gasteiger partial charge in [0, 0.05) is 38.5 Å². The molecule has 0 aliphatic carbocycles. The van der Waals surface area contributed by atoms with Crippen LogP contribution in [-0.4, -0.2) is 16.9 Å². The average Bonchev–Trinajstić information content (AvgIpc) is 2.26. The van der Waals surface area contributed by atoms with E-state index in [1.165, 1.54) is 45.0 Å². The Bertz CT molecular complexity index is 491. The molecule has 0 aliphatic heterocycles. The second-order valence-electron chi connectivity index (χ2n) is 3.94. The summed E-state index contributed by atoms with van der Waals surface area (Å²) in [7, 11) is 0. The van der Waals surface area contributed by atoms with Crippen molar-refractivity contribution in [2.24, 2.45) is 0 Å². The normalized spacial score (nSPS) is 10.7. The average molecular weight is 267 g/mol. The molecule has 1 aromatic carbocycles. The van der Waals surface area contributed by atoms with E-state index in [1.54, 1.807) is 0 Å². The minimum absolute atomic E-state index is 0.114. The minimum atomic E-state index is -1.60. The van der Waals surface area contributed by atoms with Crippen LogP contribution in [0.3, 0.4) is 0 Å². The molecule has 0 unspecified atom stereocenters. The summed E-state index contributed by atoms with van der Waals surface area (Å²) in [6.45, 7) is 3.73. The van der Waals surface area contributed by atoms with Gasteiger partial charge in [0.2, 0.25) is 0 Å². The number of carbonyl (C=O) groups is 2. The van der Waals surface area contributed by atoms with Crippen molar-refractivity contribution < 1.29 is 24.0 Å². The standard InChI is InChI=1S/C12H13NO6/c1-8(14)18-12(3,19-9(2)15)10-4-6-11(7-5-10)13(16)17/h4-7H,1-3H3. The monoisotopic (exact) mass is 267 g/mol. The maximum Gasteiger partial charge on any atom is 0.306 e. The molecule has 0 saturated carbocycles. The fraction of sp³-hybridized carbons (Fsp3) is 0.333. The van der Waals surface area contributed by atoms with E-state index in [-0.39, 0.29) is 5.69 Å². The van der Waals surface area contributed by atoms with Crippen LogP contribution in [-0.2, 0) is 24.8 Å². The maximum atomic E-state index is 11.1. The summed E-state index contributed by atoms with van der Waals surface area (Å²) in [5.74, 6) is -2.88. The molecule has 7 heteroatoms. The van der Waals surface area contributed by atoms with E-state index in [2.05, 4.69) is 0 Å². The third-order valence-electron chi connectivity index (χ3n) is 2.28. The van der Waals surface area contributed by atoms with E-state index < -0.39 is 22.6 Å². The lowest BCUT2D eigenvalue weighted by atomic mass is 10.1. The minimum Gasteiger partial charge on any atom is -0.418 e. The lowest BCUT2D eigenvalue weighted by molar-refractivity contribution is -0.384. The molecule has 1 rings (SSSR count). The van der Waals surface area contributed by atoms with Gasteiger partial charge in [-0.05, 0) is 12.1 Å². The summed E-state index contributed by atoms with van der Waals surface area (Å²) < 4.78 is 9.97. The number of ether oxygens (including phenoxy) is 2. The van der Waals surface area contributed by atoms with E-state index in [1.807, 2.05) is 0 Å². The number of hydrogen-bond acceptors (Lipinski definition) is 6. The van der Waals surface area contributed by atoms with Crippen molar-refractivity contribution in [2.75, 3.05) is 0 Å². The van der Waals surface area contributed by atoms with Crippen molar-refractivity contribution in [2.45, 2.75) is 26.6 Å². The Kier molecular flexibility index (Phi) is 4.21. The first-order valence-electron chi connectivity index (χ1n) is 5.38. The second kappa shape index (κ2) is 5.47. The summed E-state index contributed by atoms with van der Waals surface area (Å²) in [5.41, 5.74) is 0.209. The fourth-order valence-corrected chi connectivity index (χ4v) is 1.57. The molecule has 0 amide bonds. The number of benzene rings is 1. The van der Waals surface area contributed by atoms with Crippen molar-refractivity contribution in [1.29, 1.82) is 0 Å². The van der Waals surface area contributed by atoms with Gasteiger partial charge in [-0.3, -0.25) is 19.7 Å². The lowest BCUT2D eigenvalue weighted by Gasteiger charge is -2.28. The summed E-state index contributed by atoms with van der Waals surface area (Å²) in [5, 5.41) is 10.6. The van der Waals surface area contributed by atoms with Crippen molar-refractivity contribution in [3.63, 3.8) is 0 Å². The SMILES string of the molecule is CC(=O)OC(C)(OC(C)=O)c1ccc([N+](=O)[O-])cc1. The van der Waals surface area contributed by atoms with Crippen molar-refractivity contribution in [3.05, 3.63) is 39.9 Å². The van der Waals surface area contributed by atoms with Crippen LogP contribution in [0.2, 0.25) is 0 Å². The third kappa shape index (κ3) is 3.77. The van der Waals surface area contributed by atoms with Crippen molar-refractivity contribution >= 4 is 17.6 Å². The van der Waals surface area contributed by atoms with Crippen molar-refractivity contribution in [3.8, 4) is 0 Å². The first-order chi connectivity index (χ1) is 8.74. The van der Waals surface area contributed by atoms with Gasteiger partial charge < -0.3 is 9.47 Å². The number of esters is 2. The van der Waals surface area contributed by atoms with Crippen LogP contribution in [0, 0.1) is 10.1 Å². The van der Waals surface area contributed by atoms with Crippen LogP contribution < -0.4 is 0 Å². The number of nitrogens with zero attached hydrogens (tertiary/aromatic N) is 1. The number of hydrogen-bond donors (Lipinski definition) is 0. The molecule has 7 nitrogen and oxygen atoms in total. The fourth-order valence-electron chi connectivity index (χ4n) is 1.57. The highest BCUT2D eigenvalue weighted by molar-refractivity contribution is 5.69. The summed E-state index contributed by atoms with van der Waals surface area (Å²) in [6, 6.07) is 5.20. The molecular formula is C12H13NO6. The molecule has 0 N–H and O–H groups in total. The molecule has 0 radical (unpaired) electrons. The highest BCUT2D eigenvalue weighted by Crippen LogP contribution is 2.28.